The molecule has 0 saturated carbocycles. The number of benzene rings is 2. The average Bonchev–Trinajstić information content (AvgIpc) is 2.48. The quantitative estimate of drug-likeness (QED) is 0.907. The molecule has 0 aromatic heterocycles. The zero-order valence-corrected chi connectivity index (χ0v) is 12.8. The van der Waals surface area contributed by atoms with E-state index in [0.717, 1.165) is 17.7 Å². The minimum atomic E-state index is -4.23. The van der Waals surface area contributed by atoms with Gasteiger partial charge in [-0.15, -0.1) is 0 Å². The van der Waals surface area contributed by atoms with Crippen LogP contribution < -0.4 is 4.31 Å². The van der Waals surface area contributed by atoms with Crippen LogP contribution in [0.2, 0.25) is 0 Å². The van der Waals surface area contributed by atoms with Crippen LogP contribution in [0.25, 0.3) is 0 Å². The van der Waals surface area contributed by atoms with Gasteiger partial charge in [0.15, 0.2) is 11.6 Å². The van der Waals surface area contributed by atoms with Crippen LogP contribution in [0.1, 0.15) is 5.56 Å². The molecule has 5 nitrogen and oxygen atoms in total. The number of hydrogen-bond donors (Lipinski definition) is 1. The van der Waals surface area contributed by atoms with Gasteiger partial charge in [-0.05, 0) is 31.2 Å². The summed E-state index contributed by atoms with van der Waals surface area (Å²) in [5.41, 5.74) is 0.549. The van der Waals surface area contributed by atoms with Crippen molar-refractivity contribution in [3.05, 3.63) is 59.7 Å². The molecule has 23 heavy (non-hydrogen) atoms. The summed E-state index contributed by atoms with van der Waals surface area (Å²) in [6, 6.07) is 8.13. The first-order valence-electron chi connectivity index (χ1n) is 6.48. The number of aryl methyl sites for hydroxylation is 1. The Kier molecular flexibility index (Phi) is 4.65. The summed E-state index contributed by atoms with van der Waals surface area (Å²) >= 11 is 0. The predicted octanol–water partition coefficient (Wildman–Crippen LogP) is 2.55. The zero-order valence-electron chi connectivity index (χ0n) is 12.0. The molecule has 8 heteroatoms. The number of carbonyl (C=O) groups is 1. The maximum atomic E-state index is 13.4. The average molecular weight is 341 g/mol. The Morgan fingerprint density at radius 3 is 2.22 bits per heavy atom. The Morgan fingerprint density at radius 2 is 1.70 bits per heavy atom. The highest BCUT2D eigenvalue weighted by Crippen LogP contribution is 2.25. The third-order valence-electron chi connectivity index (χ3n) is 3.08. The molecule has 0 saturated heterocycles. The largest absolute Gasteiger partial charge is 0.480 e. The second-order valence-corrected chi connectivity index (χ2v) is 6.68. The number of rotatable bonds is 5. The number of carboxylic acid groups (broad SMARTS) is 1. The van der Waals surface area contributed by atoms with Gasteiger partial charge in [0.05, 0.1) is 10.6 Å². The minimum Gasteiger partial charge on any atom is -0.480 e. The molecule has 0 aliphatic carbocycles. The Hall–Kier alpha value is -2.48. The molecule has 122 valence electrons. The first-order chi connectivity index (χ1) is 10.7. The molecule has 0 amide bonds. The van der Waals surface area contributed by atoms with Crippen molar-refractivity contribution in [1.82, 2.24) is 0 Å². The number of anilines is 1. The first kappa shape index (κ1) is 16.9. The summed E-state index contributed by atoms with van der Waals surface area (Å²) in [6.45, 7) is 0.849. The highest BCUT2D eigenvalue weighted by molar-refractivity contribution is 7.92. The summed E-state index contributed by atoms with van der Waals surface area (Å²) in [5, 5.41) is 8.95. The summed E-state index contributed by atoms with van der Waals surface area (Å²) in [4.78, 5) is 10.8. The summed E-state index contributed by atoms with van der Waals surface area (Å²) < 4.78 is 52.2. The third kappa shape index (κ3) is 3.65. The molecular formula is C15H13F2NO4S. The van der Waals surface area contributed by atoms with Gasteiger partial charge < -0.3 is 5.11 Å². The maximum absolute atomic E-state index is 13.4. The van der Waals surface area contributed by atoms with Crippen molar-refractivity contribution >= 4 is 21.7 Å². The Morgan fingerprint density at radius 1 is 1.09 bits per heavy atom. The van der Waals surface area contributed by atoms with Crippen molar-refractivity contribution in [2.75, 3.05) is 10.8 Å². The van der Waals surface area contributed by atoms with Crippen LogP contribution in [0, 0.1) is 18.6 Å². The smallest absolute Gasteiger partial charge is 0.324 e. The van der Waals surface area contributed by atoms with Gasteiger partial charge in [-0.1, -0.05) is 17.7 Å². The van der Waals surface area contributed by atoms with Gasteiger partial charge in [0.2, 0.25) is 0 Å². The summed E-state index contributed by atoms with van der Waals surface area (Å²) in [6.07, 6.45) is 0. The lowest BCUT2D eigenvalue weighted by molar-refractivity contribution is -0.135. The van der Waals surface area contributed by atoms with E-state index in [0.29, 0.717) is 10.4 Å². The van der Waals surface area contributed by atoms with Crippen LogP contribution in [-0.4, -0.2) is 26.0 Å². The highest BCUT2D eigenvalue weighted by Gasteiger charge is 2.27. The number of nitrogens with zero attached hydrogens (tertiary/aromatic N) is 1. The normalized spacial score (nSPS) is 11.3. The molecule has 0 aliphatic heterocycles. The lowest BCUT2D eigenvalue weighted by Crippen LogP contribution is -2.35. The molecule has 0 aliphatic rings. The Balaban J connectivity index is 2.55. The fraction of sp³-hybridized carbons (Fsp3) is 0.133. The van der Waals surface area contributed by atoms with Crippen molar-refractivity contribution < 1.29 is 27.1 Å². The lowest BCUT2D eigenvalue weighted by atomic mass is 10.2. The molecule has 0 fully saturated rings. The second-order valence-electron chi connectivity index (χ2n) is 4.82. The topological polar surface area (TPSA) is 74.7 Å². The van der Waals surface area contributed by atoms with Crippen LogP contribution in [0.5, 0.6) is 0 Å². The van der Waals surface area contributed by atoms with E-state index < -0.39 is 34.2 Å². The molecule has 2 aromatic carbocycles. The van der Waals surface area contributed by atoms with Crippen molar-refractivity contribution in [2.45, 2.75) is 11.8 Å². The van der Waals surface area contributed by atoms with E-state index >= 15 is 0 Å². The first-order valence-corrected chi connectivity index (χ1v) is 7.92. The van der Waals surface area contributed by atoms with E-state index in [-0.39, 0.29) is 10.6 Å². The van der Waals surface area contributed by atoms with Crippen LogP contribution in [0.4, 0.5) is 14.5 Å². The van der Waals surface area contributed by atoms with E-state index in [1.54, 1.807) is 19.1 Å². The number of sulfonamides is 1. The van der Waals surface area contributed by atoms with Crippen LogP contribution in [-0.2, 0) is 14.8 Å². The van der Waals surface area contributed by atoms with Gasteiger partial charge in [-0.2, -0.15) is 0 Å². The number of aliphatic carboxylic acids is 1. The molecule has 1 N–H and O–H groups in total. The van der Waals surface area contributed by atoms with E-state index in [2.05, 4.69) is 0 Å². The van der Waals surface area contributed by atoms with Crippen molar-refractivity contribution in [1.29, 1.82) is 0 Å². The summed E-state index contributed by atoms with van der Waals surface area (Å²) in [7, 11) is -4.23. The molecule has 2 rings (SSSR count). The van der Waals surface area contributed by atoms with E-state index in [1.165, 1.54) is 12.1 Å². The zero-order chi connectivity index (χ0) is 17.2. The SMILES string of the molecule is Cc1ccc(S(=O)(=O)N(CC(=O)O)c2ccc(F)c(F)c2)cc1. The van der Waals surface area contributed by atoms with E-state index in [9.17, 15) is 22.0 Å². The molecule has 2 aromatic rings. The van der Waals surface area contributed by atoms with E-state index in [1.807, 2.05) is 0 Å². The standard InChI is InChI=1S/C15H13F2NO4S/c1-10-2-5-12(6-3-10)23(21,22)18(9-15(19)20)11-4-7-13(16)14(17)8-11/h2-8H,9H2,1H3,(H,19,20). The molecule has 0 unspecified atom stereocenters. The summed E-state index contributed by atoms with van der Waals surface area (Å²) in [5.74, 6) is -3.85. The second kappa shape index (κ2) is 6.33. The van der Waals surface area contributed by atoms with Gasteiger partial charge in [0, 0.05) is 6.07 Å². The number of hydrogen-bond acceptors (Lipinski definition) is 3. The molecule has 0 atom stereocenters. The molecule has 0 radical (unpaired) electrons. The van der Waals surface area contributed by atoms with Gasteiger partial charge in [-0.25, -0.2) is 17.2 Å². The number of carboxylic acids is 1. The van der Waals surface area contributed by atoms with Crippen LogP contribution in [0.15, 0.2) is 47.4 Å². The van der Waals surface area contributed by atoms with E-state index in [4.69, 9.17) is 5.11 Å². The van der Waals surface area contributed by atoms with Crippen molar-refractivity contribution in [2.24, 2.45) is 0 Å². The maximum Gasteiger partial charge on any atom is 0.324 e. The number of halogens is 2. The van der Waals surface area contributed by atoms with Crippen molar-refractivity contribution in [3.8, 4) is 0 Å². The Bertz CT molecular complexity index is 835. The minimum absolute atomic E-state index is 0.144. The molecule has 0 spiro atoms. The van der Waals surface area contributed by atoms with Gasteiger partial charge in [0.25, 0.3) is 10.0 Å². The fourth-order valence-corrected chi connectivity index (χ4v) is 3.32. The fourth-order valence-electron chi connectivity index (χ4n) is 1.92. The monoisotopic (exact) mass is 341 g/mol. The molecular weight excluding hydrogens is 328 g/mol. The van der Waals surface area contributed by atoms with Gasteiger partial charge >= 0.3 is 5.97 Å². The van der Waals surface area contributed by atoms with Crippen molar-refractivity contribution in [3.63, 3.8) is 0 Å². The lowest BCUT2D eigenvalue weighted by Gasteiger charge is -2.23. The predicted molar refractivity (Wildman–Crippen MR) is 79.7 cm³/mol. The highest BCUT2D eigenvalue weighted by atomic mass is 32.2. The van der Waals surface area contributed by atoms with Crippen LogP contribution in [0.3, 0.4) is 0 Å². The molecule has 0 heterocycles. The third-order valence-corrected chi connectivity index (χ3v) is 4.87. The van der Waals surface area contributed by atoms with Gasteiger partial charge in [-0.3, -0.25) is 9.10 Å². The molecule has 0 bridgehead atoms. The van der Waals surface area contributed by atoms with Gasteiger partial charge in [0.1, 0.15) is 6.54 Å². The van der Waals surface area contributed by atoms with Crippen LogP contribution >= 0.6 is 0 Å². The Labute approximate surface area is 131 Å².